The number of hydrogen-bond donors (Lipinski definition) is 3. The van der Waals surface area contributed by atoms with Gasteiger partial charge in [-0.1, -0.05) is 44.0 Å². The van der Waals surface area contributed by atoms with Gasteiger partial charge in [-0.25, -0.2) is 9.78 Å². The molecule has 0 bridgehead atoms. The lowest BCUT2D eigenvalue weighted by molar-refractivity contribution is 0.0682. The van der Waals surface area contributed by atoms with Crippen molar-refractivity contribution in [2.24, 2.45) is 0 Å². The van der Waals surface area contributed by atoms with E-state index in [9.17, 15) is 15.0 Å². The molecule has 9 heteroatoms. The Balaban J connectivity index is 1.93. The van der Waals surface area contributed by atoms with Crippen molar-refractivity contribution in [2.75, 3.05) is 18.4 Å². The van der Waals surface area contributed by atoms with Crippen LogP contribution in [0.15, 0.2) is 12.1 Å². The first-order valence-electron chi connectivity index (χ1n) is 10.4. The molecule has 31 heavy (non-hydrogen) atoms. The minimum absolute atomic E-state index is 0.00443. The summed E-state index contributed by atoms with van der Waals surface area (Å²) in [6, 6.07) is 3.68. The summed E-state index contributed by atoms with van der Waals surface area (Å²) in [6.07, 6.45) is 0.818. The third-order valence-electron chi connectivity index (χ3n) is 5.76. The van der Waals surface area contributed by atoms with Crippen molar-refractivity contribution in [3.63, 3.8) is 0 Å². The molecule has 1 aromatic heterocycles. The maximum absolute atomic E-state index is 11.9. The second-order valence-corrected chi connectivity index (χ2v) is 10.1. The average Bonchev–Trinajstić information content (AvgIpc) is 3.24. The molecule has 1 aromatic carbocycles. The summed E-state index contributed by atoms with van der Waals surface area (Å²) in [7, 11) is 0. The highest BCUT2D eigenvalue weighted by molar-refractivity contribution is 6.32. The largest absolute Gasteiger partial charge is 0.506 e. The van der Waals surface area contributed by atoms with Crippen molar-refractivity contribution in [1.82, 2.24) is 14.5 Å². The van der Waals surface area contributed by atoms with Crippen molar-refractivity contribution in [3.8, 4) is 5.75 Å². The fourth-order valence-corrected chi connectivity index (χ4v) is 4.77. The molecule has 1 fully saturated rings. The molecule has 1 aliphatic heterocycles. The van der Waals surface area contributed by atoms with E-state index >= 15 is 0 Å². The number of nitrogens with zero attached hydrogens (tertiary/aromatic N) is 3. The van der Waals surface area contributed by atoms with Crippen LogP contribution >= 0.6 is 23.2 Å². The topological polar surface area (TPSA) is 90.6 Å². The number of aromatic carboxylic acids is 1. The average molecular weight is 469 g/mol. The first-order chi connectivity index (χ1) is 14.4. The number of rotatable bonds is 6. The molecule has 0 amide bonds. The Kier molecular flexibility index (Phi) is 6.79. The summed E-state index contributed by atoms with van der Waals surface area (Å²) in [5.74, 6) is -0.562. The van der Waals surface area contributed by atoms with Gasteiger partial charge in [0.25, 0.3) is 0 Å². The zero-order valence-electron chi connectivity index (χ0n) is 18.5. The third kappa shape index (κ3) is 4.94. The summed E-state index contributed by atoms with van der Waals surface area (Å²) in [6.45, 7) is 12.2. The molecule has 0 spiro atoms. The fourth-order valence-electron chi connectivity index (χ4n) is 4.06. The van der Waals surface area contributed by atoms with Gasteiger partial charge < -0.3 is 20.1 Å². The predicted octanol–water partition coefficient (Wildman–Crippen LogP) is 5.16. The van der Waals surface area contributed by atoms with Crippen molar-refractivity contribution < 1.29 is 15.0 Å². The van der Waals surface area contributed by atoms with Crippen molar-refractivity contribution >= 4 is 34.9 Å². The van der Waals surface area contributed by atoms with Gasteiger partial charge in [0.15, 0.2) is 10.8 Å². The quantitative estimate of drug-likeness (QED) is 0.507. The third-order valence-corrected chi connectivity index (χ3v) is 6.34. The zero-order valence-corrected chi connectivity index (χ0v) is 20.0. The first kappa shape index (κ1) is 23.7. The Morgan fingerprint density at radius 2 is 2.00 bits per heavy atom. The molecule has 0 aliphatic carbocycles. The zero-order chi connectivity index (χ0) is 23.1. The maximum atomic E-state index is 11.9. The Morgan fingerprint density at radius 3 is 2.55 bits per heavy atom. The number of carboxylic acid groups (broad SMARTS) is 1. The summed E-state index contributed by atoms with van der Waals surface area (Å²) < 4.78 is 1.73. The van der Waals surface area contributed by atoms with Gasteiger partial charge in [0.05, 0.1) is 12.2 Å². The number of likely N-dealkylation sites (tertiary alicyclic amines) is 1. The maximum Gasteiger partial charge on any atom is 0.355 e. The van der Waals surface area contributed by atoms with Gasteiger partial charge in [-0.3, -0.25) is 4.90 Å². The van der Waals surface area contributed by atoms with E-state index in [1.807, 2.05) is 26.8 Å². The van der Waals surface area contributed by atoms with Crippen LogP contribution in [-0.4, -0.2) is 49.8 Å². The first-order valence-corrected chi connectivity index (χ1v) is 11.2. The Hall–Kier alpha value is -1.96. The number of aromatic hydroxyl groups is 1. The molecular formula is C22H30Cl2N4O3. The molecule has 170 valence electrons. The van der Waals surface area contributed by atoms with E-state index in [4.69, 9.17) is 23.2 Å². The van der Waals surface area contributed by atoms with E-state index in [1.54, 1.807) is 4.57 Å². The van der Waals surface area contributed by atoms with Gasteiger partial charge in [0.2, 0.25) is 0 Å². The predicted molar refractivity (Wildman–Crippen MR) is 124 cm³/mol. The normalized spacial score (nSPS) is 17.5. The molecule has 2 aromatic rings. The molecule has 2 heterocycles. The van der Waals surface area contributed by atoms with Crippen molar-refractivity contribution in [2.45, 2.75) is 65.1 Å². The molecule has 0 saturated carbocycles. The lowest BCUT2D eigenvalue weighted by atomic mass is 9.86. The van der Waals surface area contributed by atoms with Crippen LogP contribution in [0.25, 0.3) is 0 Å². The highest BCUT2D eigenvalue weighted by atomic mass is 35.5. The number of anilines is 1. The highest BCUT2D eigenvalue weighted by Crippen LogP contribution is 2.37. The number of hydrogen-bond acceptors (Lipinski definition) is 5. The smallest absolute Gasteiger partial charge is 0.355 e. The summed E-state index contributed by atoms with van der Waals surface area (Å²) in [5, 5.41) is 23.8. The second kappa shape index (κ2) is 8.88. The number of nitrogens with one attached hydrogen (secondary N) is 1. The number of halogens is 2. The monoisotopic (exact) mass is 468 g/mol. The van der Waals surface area contributed by atoms with Crippen LogP contribution in [0.2, 0.25) is 10.2 Å². The van der Waals surface area contributed by atoms with Gasteiger partial charge in [-0.15, -0.1) is 0 Å². The number of carbonyl (C=O) groups is 1. The van der Waals surface area contributed by atoms with E-state index in [2.05, 4.69) is 29.0 Å². The second-order valence-electron chi connectivity index (χ2n) is 9.33. The van der Waals surface area contributed by atoms with Gasteiger partial charge in [-0.2, -0.15) is 0 Å². The highest BCUT2D eigenvalue weighted by Gasteiger charge is 2.32. The van der Waals surface area contributed by atoms with E-state index < -0.39 is 5.97 Å². The fraction of sp³-hybridized carbons (Fsp3) is 0.545. The number of phenols is 1. The van der Waals surface area contributed by atoms with Crippen LogP contribution in [0.1, 0.15) is 69.0 Å². The molecule has 0 radical (unpaired) electrons. The number of carboxylic acids is 1. The number of aromatic nitrogens is 2. The Morgan fingerprint density at radius 1 is 1.32 bits per heavy atom. The van der Waals surface area contributed by atoms with Crippen LogP contribution in [0.5, 0.6) is 5.75 Å². The van der Waals surface area contributed by atoms with Gasteiger partial charge in [0, 0.05) is 36.3 Å². The molecule has 0 unspecified atom stereocenters. The summed E-state index contributed by atoms with van der Waals surface area (Å²) in [5.41, 5.74) is 1.20. The summed E-state index contributed by atoms with van der Waals surface area (Å²) >= 11 is 12.5. The van der Waals surface area contributed by atoms with Gasteiger partial charge in [-0.05, 0) is 37.3 Å². The molecule has 3 rings (SSSR count). The Bertz CT molecular complexity index is 982. The lowest BCUT2D eigenvalue weighted by Crippen LogP contribution is -2.29. The molecule has 7 nitrogen and oxygen atoms in total. The van der Waals surface area contributed by atoms with Crippen molar-refractivity contribution in [1.29, 1.82) is 0 Å². The molecule has 1 aliphatic rings. The number of imidazole rings is 1. The SMILES string of the molecule is CC(C)N1CC[C@@H](n2c(CNc3cc(C(C)(C)C)c(Cl)cc3O)nc(Cl)c2C(=O)O)C1. The van der Waals surface area contributed by atoms with Gasteiger partial charge in [0.1, 0.15) is 11.6 Å². The van der Waals surface area contributed by atoms with Crippen LogP contribution in [0.4, 0.5) is 5.69 Å². The number of benzene rings is 1. The van der Waals surface area contributed by atoms with Crippen molar-refractivity contribution in [3.05, 3.63) is 39.4 Å². The van der Waals surface area contributed by atoms with Crippen LogP contribution in [0, 0.1) is 0 Å². The molecular weight excluding hydrogens is 439 g/mol. The molecule has 1 saturated heterocycles. The van der Waals surface area contributed by atoms with E-state index in [0.29, 0.717) is 22.6 Å². The van der Waals surface area contributed by atoms with Crippen LogP contribution < -0.4 is 5.32 Å². The summed E-state index contributed by atoms with van der Waals surface area (Å²) in [4.78, 5) is 18.6. The molecule has 1 atom stereocenters. The Labute approximate surface area is 193 Å². The van der Waals surface area contributed by atoms with Crippen LogP contribution in [0.3, 0.4) is 0 Å². The number of phenolic OH excluding ortho intramolecular Hbond substituents is 1. The lowest BCUT2D eigenvalue weighted by Gasteiger charge is -2.23. The minimum Gasteiger partial charge on any atom is -0.506 e. The van der Waals surface area contributed by atoms with E-state index in [1.165, 1.54) is 6.07 Å². The minimum atomic E-state index is -1.10. The standard InChI is InChI=1S/C22H30Cl2N4O3/c1-12(2)27-7-6-13(11-27)28-18(26-20(24)19(28)21(30)31)10-25-16-8-14(22(3,4)5)15(23)9-17(16)29/h8-9,12-13,25,29H,6-7,10-11H2,1-5H3,(H,30,31)/t13-/m1/s1. The molecule has 3 N–H and O–H groups in total. The van der Waals surface area contributed by atoms with E-state index in [-0.39, 0.29) is 34.6 Å². The van der Waals surface area contributed by atoms with E-state index in [0.717, 1.165) is 25.1 Å². The van der Waals surface area contributed by atoms with Crippen LogP contribution in [-0.2, 0) is 12.0 Å². The van der Waals surface area contributed by atoms with Gasteiger partial charge >= 0.3 is 5.97 Å².